The molecular formula is C38H28F12HfSi. The van der Waals surface area contributed by atoms with Gasteiger partial charge in [0.25, 0.3) is 0 Å². The van der Waals surface area contributed by atoms with Gasteiger partial charge in [-0.2, -0.15) is 90.8 Å². The van der Waals surface area contributed by atoms with Gasteiger partial charge in [0.15, 0.2) is 0 Å². The van der Waals surface area contributed by atoms with E-state index >= 15 is 0 Å². The van der Waals surface area contributed by atoms with E-state index < -0.39 is 47.0 Å². The Labute approximate surface area is 313 Å². The molecule has 0 fully saturated rings. The maximum atomic E-state index is 12.9. The SMILES string of the molecule is C[CH-]C.FC(F)(F)c1cc(-c2cccc3[cH-]ccc23)cc(C(F)(F)F)c1.FC(F)(F)c1cc(-c2cccc3[cH-]ccc23)cc(C(F)(F)F)c1.[CH-]=[SiH2].[Hf+4]. The van der Waals surface area contributed by atoms with Gasteiger partial charge >= 0.3 is 50.5 Å². The molecule has 52 heavy (non-hydrogen) atoms. The minimum absolute atomic E-state index is 0. The maximum Gasteiger partial charge on any atom is 4.00 e. The summed E-state index contributed by atoms with van der Waals surface area (Å²) in [5.41, 5.74) is -4.80. The molecule has 0 radical (unpaired) electrons. The van der Waals surface area contributed by atoms with Crippen LogP contribution < -0.4 is 0 Å². The molecule has 0 unspecified atom stereocenters. The topological polar surface area (TPSA) is 0 Å². The van der Waals surface area contributed by atoms with E-state index in [2.05, 4.69) is 6.17 Å². The molecule has 0 heterocycles. The Balaban J connectivity index is 0.000000315. The van der Waals surface area contributed by atoms with Gasteiger partial charge in [-0.15, -0.1) is 57.9 Å². The number of hydrogen-bond acceptors (Lipinski definition) is 0. The Morgan fingerprint density at radius 3 is 1.00 bits per heavy atom. The second-order valence-corrected chi connectivity index (χ2v) is 10.8. The minimum Gasteiger partial charge on any atom is -0.533 e. The number of halogens is 12. The van der Waals surface area contributed by atoms with Crippen LogP contribution in [0.25, 0.3) is 43.8 Å². The van der Waals surface area contributed by atoms with Crippen molar-refractivity contribution in [2.45, 2.75) is 38.6 Å². The van der Waals surface area contributed by atoms with E-state index in [9.17, 15) is 52.7 Å². The van der Waals surface area contributed by atoms with Gasteiger partial charge in [0.05, 0.1) is 22.3 Å². The minimum atomic E-state index is -4.85. The summed E-state index contributed by atoms with van der Waals surface area (Å²) in [6.45, 7) is 4.00. The average Bonchev–Trinajstić information content (AvgIpc) is 3.74. The molecule has 0 bridgehead atoms. The number of fused-ring (bicyclic) bond motifs is 2. The molecule has 0 saturated heterocycles. The molecule has 272 valence electrons. The van der Waals surface area contributed by atoms with Crippen LogP contribution in [0.3, 0.4) is 0 Å². The van der Waals surface area contributed by atoms with Crippen LogP contribution in [0.15, 0.2) is 109 Å². The molecule has 0 nitrogen and oxygen atoms in total. The fraction of sp³-hybridized carbons (Fsp3) is 0.158. The first-order valence-corrected chi connectivity index (χ1v) is 15.6. The second-order valence-electron chi connectivity index (χ2n) is 10.8. The van der Waals surface area contributed by atoms with E-state index in [0.717, 1.165) is 35.0 Å². The Morgan fingerprint density at radius 2 is 0.750 bits per heavy atom. The van der Waals surface area contributed by atoms with Gasteiger partial charge in [-0.25, -0.2) is 9.85 Å². The standard InChI is InChI=1S/2C17H9F6.C3H7.CH3Si.Hf/c2*18-16(19,20)12-7-11(8-13(9-12)17(21,22)23)15-6-2-4-10-3-1-5-14(10)15;1-3-2;1-2;/h2*1-9H;3H,1-2H3;1H,2H2;/q4*-1;+4. The maximum absolute atomic E-state index is 12.9. The number of rotatable bonds is 2. The molecule has 0 aliphatic carbocycles. The quantitative estimate of drug-likeness (QED) is 0.0922. The summed E-state index contributed by atoms with van der Waals surface area (Å²) in [5.74, 6) is 0. The third-order valence-electron chi connectivity index (χ3n) is 7.15. The zero-order valence-electron chi connectivity index (χ0n) is 27.3. The van der Waals surface area contributed by atoms with Crippen LogP contribution in [0, 0.1) is 6.42 Å². The van der Waals surface area contributed by atoms with Crippen molar-refractivity contribution in [1.29, 1.82) is 0 Å². The van der Waals surface area contributed by atoms with E-state index in [1.807, 2.05) is 20.3 Å². The summed E-state index contributed by atoms with van der Waals surface area (Å²) < 4.78 is 155. The van der Waals surface area contributed by atoms with Crippen LogP contribution in [0.2, 0.25) is 0 Å². The van der Waals surface area contributed by atoms with Crippen molar-refractivity contribution >= 4 is 37.6 Å². The van der Waals surface area contributed by atoms with Crippen molar-refractivity contribution in [1.82, 2.24) is 0 Å². The predicted molar refractivity (Wildman–Crippen MR) is 180 cm³/mol. The summed E-state index contributed by atoms with van der Waals surface area (Å²) in [5, 5.41) is 2.74. The van der Waals surface area contributed by atoms with Crippen LogP contribution in [0.4, 0.5) is 52.7 Å². The van der Waals surface area contributed by atoms with E-state index in [1.54, 1.807) is 60.7 Å². The smallest absolute Gasteiger partial charge is 0.533 e. The van der Waals surface area contributed by atoms with Gasteiger partial charge in [-0.05, 0) is 47.5 Å². The van der Waals surface area contributed by atoms with Crippen molar-refractivity contribution < 1.29 is 78.5 Å². The predicted octanol–water partition coefficient (Wildman–Crippen LogP) is 12.7. The van der Waals surface area contributed by atoms with Crippen LogP contribution >= 0.6 is 0 Å². The molecule has 0 aliphatic rings. The van der Waals surface area contributed by atoms with Crippen molar-refractivity contribution in [2.24, 2.45) is 0 Å². The van der Waals surface area contributed by atoms with Crippen LogP contribution in [-0.4, -0.2) is 16.0 Å². The molecule has 14 heteroatoms. The Bertz CT molecular complexity index is 1830. The summed E-state index contributed by atoms with van der Waals surface area (Å²) in [6.07, 6.45) is -12.9. The second kappa shape index (κ2) is 17.8. The van der Waals surface area contributed by atoms with Crippen molar-refractivity contribution in [3.8, 4) is 22.3 Å². The molecule has 6 rings (SSSR count). The Morgan fingerprint density at radius 1 is 0.481 bits per heavy atom. The molecule has 0 spiro atoms. The molecule has 0 atom stereocenters. The summed E-state index contributed by atoms with van der Waals surface area (Å²) in [4.78, 5) is 0. The molecule has 0 aromatic heterocycles. The van der Waals surface area contributed by atoms with Crippen molar-refractivity contribution in [2.75, 3.05) is 0 Å². The normalized spacial score (nSPS) is 11.7. The first-order chi connectivity index (χ1) is 23.7. The molecule has 0 saturated carbocycles. The third-order valence-corrected chi connectivity index (χ3v) is 7.15. The van der Waals surface area contributed by atoms with Crippen molar-refractivity contribution in [3.63, 3.8) is 0 Å². The van der Waals surface area contributed by atoms with E-state index in [1.165, 1.54) is 22.0 Å². The van der Waals surface area contributed by atoms with Gasteiger partial charge in [-0.1, -0.05) is 23.3 Å². The molecular weight excluding hydrogens is 891 g/mol. The molecule has 0 amide bonds. The third kappa shape index (κ3) is 11.1. The van der Waals surface area contributed by atoms with E-state index in [4.69, 9.17) is 0 Å². The van der Waals surface area contributed by atoms with Gasteiger partial charge in [0.1, 0.15) is 0 Å². The van der Waals surface area contributed by atoms with E-state index in [-0.39, 0.29) is 49.1 Å². The van der Waals surface area contributed by atoms with Crippen LogP contribution in [0.5, 0.6) is 0 Å². The Kier molecular flexibility index (Phi) is 15.2. The number of benzene rings is 4. The number of hydrogen-bond donors (Lipinski definition) is 0. The van der Waals surface area contributed by atoms with Crippen LogP contribution in [-0.2, 0) is 50.5 Å². The monoisotopic (exact) mass is 920 g/mol. The largest absolute Gasteiger partial charge is 4.00 e. The first-order valence-electron chi connectivity index (χ1n) is 14.8. The van der Waals surface area contributed by atoms with Crippen LogP contribution in [0.1, 0.15) is 36.1 Å². The van der Waals surface area contributed by atoms with Gasteiger partial charge < -0.3 is 12.6 Å². The van der Waals surface area contributed by atoms with Gasteiger partial charge in [-0.3, -0.25) is 0 Å². The van der Waals surface area contributed by atoms with Gasteiger partial charge in [0, 0.05) is 0 Å². The average molecular weight is 919 g/mol. The zero-order chi connectivity index (χ0) is 38.4. The fourth-order valence-electron chi connectivity index (χ4n) is 5.05. The first kappa shape index (κ1) is 44.4. The summed E-state index contributed by atoms with van der Waals surface area (Å²) >= 11 is 0. The molecule has 6 aromatic rings. The fourth-order valence-corrected chi connectivity index (χ4v) is 5.05. The van der Waals surface area contributed by atoms with E-state index in [0.29, 0.717) is 21.9 Å². The Hall–Kier alpha value is -3.78. The summed E-state index contributed by atoms with van der Waals surface area (Å²) in [7, 11) is 1.36. The zero-order valence-corrected chi connectivity index (χ0v) is 32.3. The molecule has 6 aromatic carbocycles. The van der Waals surface area contributed by atoms with Crippen molar-refractivity contribution in [3.05, 3.63) is 138 Å². The van der Waals surface area contributed by atoms with Gasteiger partial charge in [0.2, 0.25) is 0 Å². The summed E-state index contributed by atoms with van der Waals surface area (Å²) in [6, 6.07) is 23.2. The number of alkyl halides is 12. The molecule has 0 aliphatic heterocycles. The molecule has 0 N–H and O–H groups in total.